The summed E-state index contributed by atoms with van der Waals surface area (Å²) < 4.78 is 41.1. The predicted molar refractivity (Wildman–Crippen MR) is 101 cm³/mol. The third kappa shape index (κ3) is 4.19. The molecule has 0 bridgehead atoms. The Kier molecular flexibility index (Phi) is 5.73. The summed E-state index contributed by atoms with van der Waals surface area (Å²) in [4.78, 5) is 15.8. The molecule has 2 aromatic rings. The molecule has 1 saturated carbocycles. The number of carbonyl (C=O) groups excluding carboxylic acids is 1. The number of rotatable bonds is 7. The molecule has 9 heteroatoms. The Morgan fingerprint density at radius 2 is 1.86 bits per heavy atom. The second-order valence-corrected chi connectivity index (χ2v) is 7.05. The largest absolute Gasteiger partial charge is 0.365 e. The summed E-state index contributed by atoms with van der Waals surface area (Å²) in [5.41, 5.74) is 11.3. The van der Waals surface area contributed by atoms with Crippen molar-refractivity contribution in [2.45, 2.75) is 38.3 Å². The van der Waals surface area contributed by atoms with E-state index in [9.17, 15) is 18.0 Å². The monoisotopic (exact) mass is 393 g/mol. The fourth-order valence-corrected chi connectivity index (χ4v) is 3.22. The van der Waals surface area contributed by atoms with Gasteiger partial charge in [-0.05, 0) is 43.9 Å². The molecule has 0 saturated heterocycles. The van der Waals surface area contributed by atoms with Crippen LogP contribution in [0.25, 0.3) is 0 Å². The van der Waals surface area contributed by atoms with Crippen molar-refractivity contribution < 1.29 is 18.0 Å². The molecule has 1 aliphatic carbocycles. The van der Waals surface area contributed by atoms with Crippen molar-refractivity contribution in [3.8, 4) is 0 Å². The maximum absolute atomic E-state index is 14.5. The summed E-state index contributed by atoms with van der Waals surface area (Å²) in [7, 11) is 0. The second kappa shape index (κ2) is 8.05. The summed E-state index contributed by atoms with van der Waals surface area (Å²) in [6.45, 7) is 1.83. The van der Waals surface area contributed by atoms with Gasteiger partial charge < -0.3 is 22.1 Å². The van der Waals surface area contributed by atoms with E-state index in [1.165, 1.54) is 6.07 Å². The van der Waals surface area contributed by atoms with E-state index in [-0.39, 0.29) is 35.0 Å². The Hall–Kier alpha value is -2.81. The van der Waals surface area contributed by atoms with E-state index in [1.807, 2.05) is 6.92 Å². The fourth-order valence-electron chi connectivity index (χ4n) is 3.22. The molecule has 1 aromatic heterocycles. The highest BCUT2D eigenvalue weighted by atomic mass is 19.2. The average molecular weight is 393 g/mol. The number of anilines is 3. The lowest BCUT2D eigenvalue weighted by Gasteiger charge is -2.37. The highest BCUT2D eigenvalue weighted by Gasteiger charge is 2.31. The SMILES string of the molecule is C[C@H](N)[C@H](Nc1nc(Nc2ccc(F)c(F)c2)c(C(N)=O)cc1F)C1CCC1. The van der Waals surface area contributed by atoms with Crippen LogP contribution in [-0.2, 0) is 0 Å². The third-order valence-corrected chi connectivity index (χ3v) is 4.95. The van der Waals surface area contributed by atoms with Gasteiger partial charge in [-0.15, -0.1) is 0 Å². The van der Waals surface area contributed by atoms with E-state index >= 15 is 0 Å². The first-order chi connectivity index (χ1) is 13.3. The number of halogens is 3. The van der Waals surface area contributed by atoms with Gasteiger partial charge in [-0.1, -0.05) is 6.42 Å². The van der Waals surface area contributed by atoms with Gasteiger partial charge >= 0.3 is 0 Å². The van der Waals surface area contributed by atoms with Gasteiger partial charge in [0.15, 0.2) is 23.3 Å². The van der Waals surface area contributed by atoms with E-state index in [1.54, 1.807) is 0 Å². The zero-order valence-corrected chi connectivity index (χ0v) is 15.3. The van der Waals surface area contributed by atoms with Crippen LogP contribution in [0, 0.1) is 23.4 Å². The van der Waals surface area contributed by atoms with Crippen molar-refractivity contribution >= 4 is 23.2 Å². The first-order valence-corrected chi connectivity index (χ1v) is 9.00. The Bertz CT molecular complexity index is 886. The highest BCUT2D eigenvalue weighted by Crippen LogP contribution is 2.33. The van der Waals surface area contributed by atoms with Crippen molar-refractivity contribution in [2.75, 3.05) is 10.6 Å². The smallest absolute Gasteiger partial charge is 0.252 e. The second-order valence-electron chi connectivity index (χ2n) is 7.05. The normalized spacial score (nSPS) is 16.2. The van der Waals surface area contributed by atoms with Crippen LogP contribution in [0.5, 0.6) is 0 Å². The molecule has 1 amide bonds. The van der Waals surface area contributed by atoms with E-state index in [0.29, 0.717) is 5.92 Å². The molecule has 0 unspecified atom stereocenters. The number of nitrogens with two attached hydrogens (primary N) is 2. The van der Waals surface area contributed by atoms with Gasteiger partial charge in [0.25, 0.3) is 5.91 Å². The van der Waals surface area contributed by atoms with Crippen LogP contribution in [0.3, 0.4) is 0 Å². The predicted octanol–water partition coefficient (Wildman–Crippen LogP) is 3.27. The van der Waals surface area contributed by atoms with Crippen molar-refractivity contribution in [2.24, 2.45) is 17.4 Å². The molecular formula is C19H22F3N5O. The summed E-state index contributed by atoms with van der Waals surface area (Å²) in [6, 6.07) is 3.61. The number of hydrogen-bond acceptors (Lipinski definition) is 5. The Labute approximate surface area is 160 Å². The van der Waals surface area contributed by atoms with E-state index in [0.717, 1.165) is 37.5 Å². The molecule has 150 valence electrons. The van der Waals surface area contributed by atoms with Gasteiger partial charge in [-0.25, -0.2) is 18.2 Å². The molecule has 1 fully saturated rings. The molecule has 0 spiro atoms. The summed E-state index contributed by atoms with van der Waals surface area (Å²) in [5, 5.41) is 5.72. The lowest BCUT2D eigenvalue weighted by Crippen LogP contribution is -2.46. The van der Waals surface area contributed by atoms with Crippen molar-refractivity contribution in [1.29, 1.82) is 0 Å². The minimum absolute atomic E-state index is 0.0700. The Morgan fingerprint density at radius 3 is 2.39 bits per heavy atom. The molecule has 6 nitrogen and oxygen atoms in total. The van der Waals surface area contributed by atoms with Crippen molar-refractivity contribution in [3.63, 3.8) is 0 Å². The molecule has 2 atom stereocenters. The first kappa shape index (κ1) is 19.9. The standard InChI is InChI=1S/C19H22F3N5O/c1-9(23)16(10-3-2-4-10)26-19-15(22)8-12(17(24)28)18(27-19)25-11-5-6-13(20)14(21)7-11/h5-10,16H,2-4,23H2,1H3,(H2,24,28)(H2,25,26,27)/t9-,16-/m0/s1. The average Bonchev–Trinajstić information content (AvgIpc) is 2.58. The number of carbonyl (C=O) groups is 1. The van der Waals surface area contributed by atoms with Gasteiger partial charge in [0.05, 0.1) is 5.56 Å². The number of primary amides is 1. The highest BCUT2D eigenvalue weighted by molar-refractivity contribution is 5.98. The molecular weight excluding hydrogens is 371 g/mol. The molecule has 1 heterocycles. The third-order valence-electron chi connectivity index (χ3n) is 4.95. The lowest BCUT2D eigenvalue weighted by atomic mass is 9.77. The van der Waals surface area contributed by atoms with Crippen LogP contribution in [0.2, 0.25) is 0 Å². The van der Waals surface area contributed by atoms with E-state index in [2.05, 4.69) is 15.6 Å². The molecule has 6 N–H and O–H groups in total. The van der Waals surface area contributed by atoms with Crippen molar-refractivity contribution in [3.05, 3.63) is 47.3 Å². The van der Waals surface area contributed by atoms with Gasteiger partial charge in [-0.2, -0.15) is 0 Å². The first-order valence-electron chi connectivity index (χ1n) is 9.00. The number of nitrogens with one attached hydrogen (secondary N) is 2. The van der Waals surface area contributed by atoms with Crippen LogP contribution in [-0.4, -0.2) is 23.0 Å². The maximum atomic E-state index is 14.5. The van der Waals surface area contributed by atoms with Crippen LogP contribution in [0.4, 0.5) is 30.5 Å². The minimum atomic E-state index is -1.08. The van der Waals surface area contributed by atoms with Gasteiger partial charge in [-0.3, -0.25) is 4.79 Å². The molecule has 1 aromatic carbocycles. The number of pyridine rings is 1. The van der Waals surface area contributed by atoms with Crippen LogP contribution in [0.15, 0.2) is 24.3 Å². The van der Waals surface area contributed by atoms with Crippen LogP contribution in [0.1, 0.15) is 36.5 Å². The van der Waals surface area contributed by atoms with Gasteiger partial charge in [0, 0.05) is 23.8 Å². The fraction of sp³-hybridized carbons (Fsp3) is 0.368. The molecule has 0 aliphatic heterocycles. The van der Waals surface area contributed by atoms with Crippen molar-refractivity contribution in [1.82, 2.24) is 4.98 Å². The number of aromatic nitrogens is 1. The summed E-state index contributed by atoms with van der Waals surface area (Å²) in [5.74, 6) is -3.62. The number of nitrogens with zero attached hydrogens (tertiary/aromatic N) is 1. The minimum Gasteiger partial charge on any atom is -0.365 e. The maximum Gasteiger partial charge on any atom is 0.252 e. The number of amides is 1. The Balaban J connectivity index is 1.94. The zero-order valence-electron chi connectivity index (χ0n) is 15.3. The summed E-state index contributed by atoms with van der Waals surface area (Å²) >= 11 is 0. The van der Waals surface area contributed by atoms with Crippen LogP contribution >= 0.6 is 0 Å². The van der Waals surface area contributed by atoms with E-state index < -0.39 is 23.4 Å². The number of hydrogen-bond donors (Lipinski definition) is 4. The van der Waals surface area contributed by atoms with Gasteiger partial charge in [0.2, 0.25) is 0 Å². The molecule has 3 rings (SSSR count). The van der Waals surface area contributed by atoms with Crippen LogP contribution < -0.4 is 22.1 Å². The van der Waals surface area contributed by atoms with Gasteiger partial charge in [0.1, 0.15) is 5.82 Å². The zero-order chi connectivity index (χ0) is 20.4. The molecule has 1 aliphatic rings. The molecule has 0 radical (unpaired) electrons. The Morgan fingerprint density at radius 1 is 1.14 bits per heavy atom. The topological polar surface area (TPSA) is 106 Å². The van der Waals surface area contributed by atoms with E-state index in [4.69, 9.17) is 11.5 Å². The molecule has 28 heavy (non-hydrogen) atoms. The quantitative estimate of drug-likeness (QED) is 0.578. The number of benzene rings is 1. The lowest BCUT2D eigenvalue weighted by molar-refractivity contribution is 0.100. The summed E-state index contributed by atoms with van der Waals surface area (Å²) in [6.07, 6.45) is 3.06.